The summed E-state index contributed by atoms with van der Waals surface area (Å²) in [5.74, 6) is -1.35. The van der Waals surface area contributed by atoms with Gasteiger partial charge in [-0.05, 0) is 37.1 Å². The van der Waals surface area contributed by atoms with Gasteiger partial charge in [0.15, 0.2) is 6.04 Å². The van der Waals surface area contributed by atoms with E-state index < -0.39 is 29.8 Å². The number of carboxylic acid groups (broad SMARTS) is 1. The monoisotopic (exact) mass is 331 g/mol. The van der Waals surface area contributed by atoms with Crippen molar-refractivity contribution in [3.05, 3.63) is 48.0 Å². The number of nitrogens with one attached hydrogen (secondary N) is 1. The van der Waals surface area contributed by atoms with E-state index in [-0.39, 0.29) is 0 Å². The molecule has 6 nitrogen and oxygen atoms in total. The zero-order valence-electron chi connectivity index (χ0n) is 13.8. The minimum absolute atomic E-state index is 0.427. The van der Waals surface area contributed by atoms with Crippen LogP contribution in [0.15, 0.2) is 42.5 Å². The number of alkyl carbamates (subject to hydrolysis) is 1. The van der Waals surface area contributed by atoms with Gasteiger partial charge in [0.05, 0.1) is 0 Å². The molecule has 0 fully saturated rings. The molecule has 0 radical (unpaired) electrons. The highest BCUT2D eigenvalue weighted by atomic mass is 16.6. The molecule has 0 saturated heterocycles. The van der Waals surface area contributed by atoms with Crippen molar-refractivity contribution in [3.8, 4) is 0 Å². The standard InChI is InChI=1S/C18H21NO5/c1-18(2,3)24-17(23)19-14(16(21)22)15(20)13-10-6-8-11-7-4-5-9-12(11)13/h4-10,14-15,20H,1-3H3,(H,19,23)(H,21,22). The Bertz CT molecular complexity index is 745. The van der Waals surface area contributed by atoms with Gasteiger partial charge < -0.3 is 20.3 Å². The Morgan fingerprint density at radius 1 is 1.08 bits per heavy atom. The van der Waals surface area contributed by atoms with Crippen LogP contribution in [0.2, 0.25) is 0 Å². The first-order chi connectivity index (χ1) is 11.2. The lowest BCUT2D eigenvalue weighted by Crippen LogP contribution is -2.46. The summed E-state index contributed by atoms with van der Waals surface area (Å²) < 4.78 is 5.07. The van der Waals surface area contributed by atoms with Crippen LogP contribution < -0.4 is 5.32 Å². The molecule has 0 aliphatic carbocycles. The molecule has 0 spiro atoms. The second-order valence-electron chi connectivity index (χ2n) is 6.48. The van der Waals surface area contributed by atoms with Gasteiger partial charge in [0.25, 0.3) is 0 Å². The van der Waals surface area contributed by atoms with E-state index in [0.29, 0.717) is 5.56 Å². The van der Waals surface area contributed by atoms with Gasteiger partial charge in [-0.15, -0.1) is 0 Å². The van der Waals surface area contributed by atoms with Crippen molar-refractivity contribution in [1.29, 1.82) is 0 Å². The normalized spacial score (nSPS) is 14.0. The van der Waals surface area contributed by atoms with Gasteiger partial charge in [-0.1, -0.05) is 42.5 Å². The fraction of sp³-hybridized carbons (Fsp3) is 0.333. The first-order valence-electron chi connectivity index (χ1n) is 7.57. The van der Waals surface area contributed by atoms with Gasteiger partial charge in [0.1, 0.15) is 11.7 Å². The highest BCUT2D eigenvalue weighted by Gasteiger charge is 2.32. The van der Waals surface area contributed by atoms with E-state index in [4.69, 9.17) is 4.74 Å². The molecule has 2 unspecified atom stereocenters. The minimum atomic E-state index is -1.52. The first kappa shape index (κ1) is 17.7. The molecular formula is C18H21NO5. The molecule has 3 N–H and O–H groups in total. The lowest BCUT2D eigenvalue weighted by Gasteiger charge is -2.25. The largest absolute Gasteiger partial charge is 0.480 e. The van der Waals surface area contributed by atoms with E-state index in [0.717, 1.165) is 10.8 Å². The Balaban J connectivity index is 2.30. The number of rotatable bonds is 4. The second-order valence-corrected chi connectivity index (χ2v) is 6.48. The fourth-order valence-corrected chi connectivity index (χ4v) is 2.40. The summed E-state index contributed by atoms with van der Waals surface area (Å²) >= 11 is 0. The number of hydrogen-bond donors (Lipinski definition) is 3. The molecule has 6 heteroatoms. The number of benzene rings is 2. The van der Waals surface area contributed by atoms with Crippen molar-refractivity contribution in [2.24, 2.45) is 0 Å². The van der Waals surface area contributed by atoms with Crippen LogP contribution in [0.3, 0.4) is 0 Å². The summed E-state index contributed by atoms with van der Waals surface area (Å²) in [6.07, 6.45) is -2.31. The van der Waals surface area contributed by atoms with Gasteiger partial charge in [0.2, 0.25) is 0 Å². The van der Waals surface area contributed by atoms with Crippen molar-refractivity contribution >= 4 is 22.8 Å². The van der Waals surface area contributed by atoms with Crippen LogP contribution in [0, 0.1) is 0 Å². The minimum Gasteiger partial charge on any atom is -0.480 e. The van der Waals surface area contributed by atoms with E-state index in [1.54, 1.807) is 45.0 Å². The lowest BCUT2D eigenvalue weighted by molar-refractivity contribution is -0.142. The molecule has 0 bridgehead atoms. The zero-order valence-corrected chi connectivity index (χ0v) is 13.8. The summed E-state index contributed by atoms with van der Waals surface area (Å²) in [5.41, 5.74) is -0.339. The van der Waals surface area contributed by atoms with Crippen molar-refractivity contribution in [3.63, 3.8) is 0 Å². The maximum Gasteiger partial charge on any atom is 0.408 e. The van der Waals surface area contributed by atoms with Gasteiger partial charge in [-0.2, -0.15) is 0 Å². The summed E-state index contributed by atoms with van der Waals surface area (Å²) in [6, 6.07) is 11.0. The molecule has 1 amide bonds. The van der Waals surface area contributed by atoms with E-state index in [9.17, 15) is 19.8 Å². The zero-order chi connectivity index (χ0) is 17.9. The third-order valence-corrected chi connectivity index (χ3v) is 3.40. The molecule has 0 saturated carbocycles. The quantitative estimate of drug-likeness (QED) is 0.800. The summed E-state index contributed by atoms with van der Waals surface area (Å²) in [7, 11) is 0. The molecule has 0 heterocycles. The summed E-state index contributed by atoms with van der Waals surface area (Å²) in [6.45, 7) is 5.01. The maximum absolute atomic E-state index is 11.9. The predicted molar refractivity (Wildman–Crippen MR) is 89.7 cm³/mol. The van der Waals surface area contributed by atoms with E-state index >= 15 is 0 Å². The van der Waals surface area contributed by atoms with Crippen molar-refractivity contribution < 1.29 is 24.5 Å². The number of aliphatic hydroxyl groups excluding tert-OH is 1. The third kappa shape index (κ3) is 4.23. The molecule has 2 rings (SSSR count). The predicted octanol–water partition coefficient (Wildman–Crippen LogP) is 2.85. The van der Waals surface area contributed by atoms with Crippen LogP contribution >= 0.6 is 0 Å². The highest BCUT2D eigenvalue weighted by Crippen LogP contribution is 2.26. The van der Waals surface area contributed by atoms with E-state index in [1.807, 2.05) is 18.2 Å². The Labute approximate surface area is 140 Å². The molecule has 128 valence electrons. The average molecular weight is 331 g/mol. The van der Waals surface area contributed by atoms with E-state index in [2.05, 4.69) is 5.32 Å². The number of aliphatic carboxylic acids is 1. The smallest absolute Gasteiger partial charge is 0.408 e. The van der Waals surface area contributed by atoms with Gasteiger partial charge in [-0.25, -0.2) is 9.59 Å². The molecule has 0 aliphatic heterocycles. The Kier molecular flexibility index (Phi) is 5.09. The molecule has 2 aromatic rings. The van der Waals surface area contributed by atoms with Crippen LogP contribution in [0.25, 0.3) is 10.8 Å². The fourth-order valence-electron chi connectivity index (χ4n) is 2.40. The molecule has 24 heavy (non-hydrogen) atoms. The van der Waals surface area contributed by atoms with Gasteiger partial charge >= 0.3 is 12.1 Å². The highest BCUT2D eigenvalue weighted by molar-refractivity contribution is 5.88. The summed E-state index contributed by atoms with van der Waals surface area (Å²) in [5, 5.41) is 23.8. The van der Waals surface area contributed by atoms with E-state index in [1.165, 1.54) is 0 Å². The Hall–Kier alpha value is -2.60. The van der Waals surface area contributed by atoms with Crippen LogP contribution in [-0.4, -0.2) is 33.9 Å². The Morgan fingerprint density at radius 2 is 1.71 bits per heavy atom. The van der Waals surface area contributed by atoms with Crippen LogP contribution in [-0.2, 0) is 9.53 Å². The maximum atomic E-state index is 11.9. The molecule has 2 aromatic carbocycles. The number of ether oxygens (including phenoxy) is 1. The topological polar surface area (TPSA) is 95.9 Å². The lowest BCUT2D eigenvalue weighted by atomic mass is 9.96. The molecular weight excluding hydrogens is 310 g/mol. The van der Waals surface area contributed by atoms with Crippen LogP contribution in [0.4, 0.5) is 4.79 Å². The number of hydrogen-bond acceptors (Lipinski definition) is 4. The molecule has 2 atom stereocenters. The third-order valence-electron chi connectivity index (χ3n) is 3.40. The molecule has 0 aromatic heterocycles. The number of amides is 1. The van der Waals surface area contributed by atoms with Gasteiger partial charge in [-0.3, -0.25) is 0 Å². The van der Waals surface area contributed by atoms with Gasteiger partial charge in [0, 0.05) is 0 Å². The SMILES string of the molecule is CC(C)(C)OC(=O)NC(C(=O)O)C(O)c1cccc2ccccc12. The number of aliphatic hydroxyl groups is 1. The number of carbonyl (C=O) groups is 2. The number of carbonyl (C=O) groups excluding carboxylic acids is 1. The Morgan fingerprint density at radius 3 is 2.33 bits per heavy atom. The second kappa shape index (κ2) is 6.88. The number of carboxylic acids is 1. The first-order valence-corrected chi connectivity index (χ1v) is 7.57. The molecule has 0 aliphatic rings. The average Bonchev–Trinajstić information content (AvgIpc) is 2.49. The number of fused-ring (bicyclic) bond motifs is 1. The summed E-state index contributed by atoms with van der Waals surface area (Å²) in [4.78, 5) is 23.4. The van der Waals surface area contributed by atoms with Crippen molar-refractivity contribution in [1.82, 2.24) is 5.32 Å². The van der Waals surface area contributed by atoms with Crippen LogP contribution in [0.5, 0.6) is 0 Å². The van der Waals surface area contributed by atoms with Crippen LogP contribution in [0.1, 0.15) is 32.4 Å². The van der Waals surface area contributed by atoms with Crippen molar-refractivity contribution in [2.45, 2.75) is 38.5 Å². The van der Waals surface area contributed by atoms with Crippen molar-refractivity contribution in [2.75, 3.05) is 0 Å².